The molecule has 0 aliphatic heterocycles. The van der Waals surface area contributed by atoms with Gasteiger partial charge in [0.05, 0.1) is 32.5 Å². The van der Waals surface area contributed by atoms with Crippen LogP contribution in [0.3, 0.4) is 0 Å². The van der Waals surface area contributed by atoms with E-state index in [4.69, 9.17) is 4.74 Å². The van der Waals surface area contributed by atoms with Crippen molar-refractivity contribution in [1.82, 2.24) is 0 Å². The topological polar surface area (TPSA) is 85.2 Å². The second-order valence-electron chi connectivity index (χ2n) is 8.92. The molecule has 0 aromatic rings. The maximum absolute atomic E-state index is 13.7. The number of allylic oxidation sites excluding steroid dienone is 2. The summed E-state index contributed by atoms with van der Waals surface area (Å²) in [4.78, 5) is 11.1. The first kappa shape index (κ1) is 29.9. The lowest BCUT2D eigenvalue weighted by Gasteiger charge is -2.22. The number of alkyl halides is 2. The second-order valence-corrected chi connectivity index (χ2v) is 8.92. The fourth-order valence-corrected chi connectivity index (χ4v) is 4.31. The number of aliphatic hydroxyl groups is 2. The summed E-state index contributed by atoms with van der Waals surface area (Å²) in [5.41, 5.74) is 0. The van der Waals surface area contributed by atoms with Crippen molar-refractivity contribution >= 4 is 5.97 Å². The summed E-state index contributed by atoms with van der Waals surface area (Å²) in [6.07, 6.45) is 7.21. The summed E-state index contributed by atoms with van der Waals surface area (Å²) in [6, 6.07) is 0. The van der Waals surface area contributed by atoms with Crippen molar-refractivity contribution in [3.05, 3.63) is 12.2 Å². The van der Waals surface area contributed by atoms with Gasteiger partial charge in [-0.25, -0.2) is 0 Å². The highest BCUT2D eigenvalue weighted by atomic mass is 19.3. The number of ether oxygens (including phenoxy) is 3. The first-order valence-electron chi connectivity index (χ1n) is 12.5. The number of carbonyl (C=O) groups excluding carboxylic acids is 1. The van der Waals surface area contributed by atoms with Gasteiger partial charge in [-0.1, -0.05) is 38.3 Å². The molecule has 0 aromatic heterocycles. The molecule has 1 aliphatic rings. The van der Waals surface area contributed by atoms with E-state index in [1.54, 1.807) is 0 Å². The zero-order chi connectivity index (χ0) is 24.5. The zero-order valence-electron chi connectivity index (χ0n) is 20.4. The number of hydrogen-bond donors (Lipinski definition) is 2. The highest BCUT2D eigenvalue weighted by Gasteiger charge is 2.40. The van der Waals surface area contributed by atoms with Gasteiger partial charge in [0.15, 0.2) is 0 Å². The van der Waals surface area contributed by atoms with Crippen molar-refractivity contribution in [1.29, 1.82) is 0 Å². The number of esters is 1. The number of rotatable bonds is 19. The lowest BCUT2D eigenvalue weighted by atomic mass is 9.88. The van der Waals surface area contributed by atoms with Gasteiger partial charge in [-0.2, -0.15) is 8.78 Å². The van der Waals surface area contributed by atoms with Crippen LogP contribution in [0.2, 0.25) is 0 Å². The molecule has 8 heteroatoms. The molecule has 1 saturated carbocycles. The molecular formula is C25H44F2O6. The molecule has 0 spiro atoms. The molecule has 1 aliphatic carbocycles. The Morgan fingerprint density at radius 2 is 1.76 bits per heavy atom. The Labute approximate surface area is 197 Å². The zero-order valence-corrected chi connectivity index (χ0v) is 20.4. The predicted molar refractivity (Wildman–Crippen MR) is 123 cm³/mol. The van der Waals surface area contributed by atoms with Crippen molar-refractivity contribution in [3.8, 4) is 0 Å². The molecule has 0 amide bonds. The largest absolute Gasteiger partial charge is 0.469 e. The van der Waals surface area contributed by atoms with Crippen LogP contribution in [0.15, 0.2) is 12.2 Å². The van der Waals surface area contributed by atoms with Crippen LogP contribution in [0.25, 0.3) is 0 Å². The van der Waals surface area contributed by atoms with Crippen molar-refractivity contribution in [2.75, 3.05) is 26.9 Å². The minimum atomic E-state index is -3.11. The number of hydrogen-bond acceptors (Lipinski definition) is 6. The van der Waals surface area contributed by atoms with Gasteiger partial charge in [-0.3, -0.25) is 4.79 Å². The number of methoxy groups -OCH3 is 1. The normalized spacial score (nSPS) is 23.5. The predicted octanol–water partition coefficient (Wildman–Crippen LogP) is 5.01. The number of halogens is 2. The van der Waals surface area contributed by atoms with Crippen LogP contribution < -0.4 is 0 Å². The van der Waals surface area contributed by atoms with Crippen LogP contribution in [0.1, 0.15) is 84.0 Å². The molecule has 0 aromatic carbocycles. The molecule has 6 nitrogen and oxygen atoms in total. The Morgan fingerprint density at radius 3 is 2.48 bits per heavy atom. The Bertz CT molecular complexity index is 543. The van der Waals surface area contributed by atoms with Gasteiger partial charge in [-0.15, -0.1) is 0 Å². The van der Waals surface area contributed by atoms with Crippen LogP contribution >= 0.6 is 0 Å². The molecular weight excluding hydrogens is 434 g/mol. The van der Waals surface area contributed by atoms with Crippen LogP contribution in [0.5, 0.6) is 0 Å². The third kappa shape index (κ3) is 13.4. The SMILES string of the molecule is CCCCCCC(F)(F)OCCOCCC1C(O)CC(O)C1C/C=C\CCCCC(=O)OC. The molecule has 0 bridgehead atoms. The second kappa shape index (κ2) is 17.4. The van der Waals surface area contributed by atoms with Crippen molar-refractivity contribution in [2.24, 2.45) is 11.8 Å². The summed E-state index contributed by atoms with van der Waals surface area (Å²) < 4.78 is 42.0. The van der Waals surface area contributed by atoms with E-state index >= 15 is 0 Å². The smallest absolute Gasteiger partial charge is 0.355 e. The van der Waals surface area contributed by atoms with Crippen molar-refractivity contribution in [2.45, 2.75) is 102 Å². The average Bonchev–Trinajstić information content (AvgIpc) is 3.05. The maximum Gasteiger partial charge on any atom is 0.355 e. The van der Waals surface area contributed by atoms with Gasteiger partial charge >= 0.3 is 12.1 Å². The number of aliphatic hydroxyl groups excluding tert-OH is 2. The van der Waals surface area contributed by atoms with E-state index in [0.29, 0.717) is 38.7 Å². The Balaban J connectivity index is 2.22. The van der Waals surface area contributed by atoms with E-state index in [1.807, 2.05) is 19.1 Å². The summed E-state index contributed by atoms with van der Waals surface area (Å²) in [5.74, 6) is -0.349. The summed E-state index contributed by atoms with van der Waals surface area (Å²) in [5, 5.41) is 20.6. The van der Waals surface area contributed by atoms with Gasteiger partial charge in [0.2, 0.25) is 0 Å². The summed E-state index contributed by atoms with van der Waals surface area (Å²) in [6.45, 7) is 2.27. The fourth-order valence-electron chi connectivity index (χ4n) is 4.31. The first-order chi connectivity index (χ1) is 15.8. The van der Waals surface area contributed by atoms with Crippen LogP contribution in [0, 0.1) is 11.8 Å². The molecule has 0 heterocycles. The van der Waals surface area contributed by atoms with Crippen molar-refractivity contribution in [3.63, 3.8) is 0 Å². The Morgan fingerprint density at radius 1 is 1.00 bits per heavy atom. The van der Waals surface area contributed by atoms with Gasteiger partial charge in [0.25, 0.3) is 0 Å². The van der Waals surface area contributed by atoms with Crippen LogP contribution in [-0.2, 0) is 19.0 Å². The van der Waals surface area contributed by atoms with Gasteiger partial charge in [0, 0.05) is 19.4 Å². The molecule has 2 N–H and O–H groups in total. The van der Waals surface area contributed by atoms with Gasteiger partial charge in [0.1, 0.15) is 0 Å². The monoisotopic (exact) mass is 478 g/mol. The Hall–Kier alpha value is -1.09. The lowest BCUT2D eigenvalue weighted by Crippen LogP contribution is -2.25. The van der Waals surface area contributed by atoms with E-state index in [2.05, 4.69) is 9.47 Å². The quantitative estimate of drug-likeness (QED) is 0.154. The van der Waals surface area contributed by atoms with Crippen molar-refractivity contribution < 1.29 is 38.0 Å². The fraction of sp³-hybridized carbons (Fsp3) is 0.880. The molecule has 33 heavy (non-hydrogen) atoms. The highest BCUT2D eigenvalue weighted by molar-refractivity contribution is 5.68. The number of carbonyl (C=O) groups is 1. The molecule has 194 valence electrons. The first-order valence-corrected chi connectivity index (χ1v) is 12.5. The average molecular weight is 479 g/mol. The van der Waals surface area contributed by atoms with E-state index in [1.165, 1.54) is 7.11 Å². The van der Waals surface area contributed by atoms with Crippen LogP contribution in [-0.4, -0.2) is 61.4 Å². The summed E-state index contributed by atoms with van der Waals surface area (Å²) >= 11 is 0. The van der Waals surface area contributed by atoms with E-state index < -0.39 is 18.3 Å². The third-order valence-electron chi connectivity index (χ3n) is 6.28. The van der Waals surface area contributed by atoms with Gasteiger partial charge < -0.3 is 24.4 Å². The highest BCUT2D eigenvalue weighted by Crippen LogP contribution is 2.37. The maximum atomic E-state index is 13.7. The third-order valence-corrected chi connectivity index (χ3v) is 6.28. The molecule has 4 atom stereocenters. The Kier molecular flexibility index (Phi) is 15.8. The standard InChI is InChI=1S/C25H44F2O6/c1-3-4-5-11-15-25(26,27)33-18-17-32-16-14-21-20(22(28)19-23(21)29)12-9-7-6-8-10-13-24(30)31-2/h7,9,20-23,28-29H,3-6,8,10-19H2,1-2H3/b9-7-. The summed E-state index contributed by atoms with van der Waals surface area (Å²) in [7, 11) is 1.38. The number of unbranched alkanes of at least 4 members (excludes halogenated alkanes) is 5. The lowest BCUT2D eigenvalue weighted by molar-refractivity contribution is -0.247. The van der Waals surface area contributed by atoms with Crippen LogP contribution in [0.4, 0.5) is 8.78 Å². The minimum absolute atomic E-state index is 0.0568. The van der Waals surface area contributed by atoms with Gasteiger partial charge in [-0.05, 0) is 56.8 Å². The molecule has 0 saturated heterocycles. The molecule has 0 radical (unpaired) electrons. The molecule has 1 fully saturated rings. The van der Waals surface area contributed by atoms with E-state index in [9.17, 15) is 23.8 Å². The minimum Gasteiger partial charge on any atom is -0.469 e. The van der Waals surface area contributed by atoms with E-state index in [-0.39, 0.29) is 37.4 Å². The van der Waals surface area contributed by atoms with E-state index in [0.717, 1.165) is 38.5 Å². The molecule has 1 rings (SSSR count). The molecule has 4 unspecified atom stereocenters.